The van der Waals surface area contributed by atoms with Crippen molar-refractivity contribution in [3.63, 3.8) is 0 Å². The van der Waals surface area contributed by atoms with Gasteiger partial charge >= 0.3 is 0 Å². The second kappa shape index (κ2) is 16.3. The Balaban J connectivity index is 0. The Bertz CT molecular complexity index is 15.6. The fourth-order valence-electron chi connectivity index (χ4n) is 0.250. The van der Waals surface area contributed by atoms with Gasteiger partial charge in [0.25, 0.3) is 0 Å². The summed E-state index contributed by atoms with van der Waals surface area (Å²) in [7, 11) is 0. The molecule has 1 N–H and O–H groups in total. The zero-order chi connectivity index (χ0) is 6.12. The predicted octanol–water partition coefficient (Wildman–Crippen LogP) is 1.63. The molecule has 0 aliphatic rings. The molecule has 0 fully saturated rings. The number of hydrogen-bond acceptors (Lipinski definition) is 1. The van der Waals surface area contributed by atoms with Gasteiger partial charge in [-0.3, -0.25) is 0 Å². The Hall–Kier alpha value is 0.250. The normalized spacial score (nSPS) is 6.86. The van der Waals surface area contributed by atoms with Gasteiger partial charge in [-0.05, 0) is 13.1 Å². The molecule has 0 rings (SSSR count). The van der Waals surface area contributed by atoms with E-state index in [0.29, 0.717) is 0 Å². The first kappa shape index (κ1) is 10.3. The molecule has 0 unspecified atom stereocenters. The number of halogens is 1. The molecule has 0 spiro atoms. The molecule has 0 heterocycles. The van der Waals surface area contributed by atoms with Gasteiger partial charge in [0, 0.05) is 6.38 Å². The van der Waals surface area contributed by atoms with E-state index in [9.17, 15) is 0 Å². The van der Waals surface area contributed by atoms with E-state index in [0.717, 1.165) is 13.1 Å². The predicted molar refractivity (Wildman–Crippen MR) is 35.4 cm³/mol. The molecule has 0 aliphatic heterocycles. The zero-order valence-corrected chi connectivity index (χ0v) is 5.76. The Morgan fingerprint density at radius 1 is 1.29 bits per heavy atom. The van der Waals surface area contributed by atoms with Crippen LogP contribution in [0.5, 0.6) is 0 Å². The van der Waals surface area contributed by atoms with Crippen molar-refractivity contribution in [2.45, 2.75) is 13.8 Å². The fraction of sp³-hybridized carbons (Fsp3) is 0.800. The molecular weight excluding hydrogens is 110 g/mol. The summed E-state index contributed by atoms with van der Waals surface area (Å²) in [5, 5.41) is 3.11. The van der Waals surface area contributed by atoms with Crippen LogP contribution in [0.3, 0.4) is 0 Å². The van der Waals surface area contributed by atoms with Crippen LogP contribution in [0.1, 0.15) is 13.8 Å². The molecule has 1 radical (unpaired) electrons. The molecule has 0 saturated heterocycles. The van der Waals surface area contributed by atoms with E-state index in [2.05, 4.69) is 37.1 Å². The van der Waals surface area contributed by atoms with Gasteiger partial charge in [0.2, 0.25) is 0 Å². The summed E-state index contributed by atoms with van der Waals surface area (Å²) < 4.78 is 0. The molecule has 0 aliphatic carbocycles. The van der Waals surface area contributed by atoms with Crippen molar-refractivity contribution >= 4 is 11.6 Å². The summed E-state index contributed by atoms with van der Waals surface area (Å²) in [6.07, 6.45) is 2.72. The first-order valence-electron chi connectivity index (χ1n) is 2.39. The minimum absolute atomic E-state index is 1.09. The number of nitrogens with one attached hydrogen (secondary N) is 1. The Morgan fingerprint density at radius 2 is 1.57 bits per heavy atom. The smallest absolute Gasteiger partial charge is 0.0359 e. The number of rotatable bonds is 2. The van der Waals surface area contributed by atoms with Gasteiger partial charge in [0.1, 0.15) is 0 Å². The Kier molecular flexibility index (Phi) is 23.9. The third-order valence-corrected chi connectivity index (χ3v) is 0.500. The Morgan fingerprint density at radius 3 is 1.57 bits per heavy atom. The topological polar surface area (TPSA) is 12.0 Å². The molecule has 0 bridgehead atoms. The molecule has 0 amide bonds. The lowest BCUT2D eigenvalue weighted by molar-refractivity contribution is 0.762. The lowest BCUT2D eigenvalue weighted by Gasteiger charge is -1.86. The molecule has 2 heteroatoms. The van der Waals surface area contributed by atoms with Crippen LogP contribution in [0, 0.1) is 6.38 Å². The average molecular weight is 123 g/mol. The summed E-state index contributed by atoms with van der Waals surface area (Å²) in [6.45, 7) is 6.39. The van der Waals surface area contributed by atoms with Crippen LogP contribution >= 0.6 is 11.6 Å². The minimum atomic E-state index is 1.09. The van der Waals surface area contributed by atoms with Crippen LogP contribution in [0.15, 0.2) is 0 Å². The number of hydrogen-bond donors (Lipinski definition) is 1. The highest BCUT2D eigenvalue weighted by Crippen LogP contribution is 1.47. The van der Waals surface area contributed by atoms with E-state index in [-0.39, 0.29) is 0 Å². The second-order valence-corrected chi connectivity index (χ2v) is 0.957. The standard InChI is InChI=1S/C4H11N.CH2Cl/c1-3-5-4-2;1-2/h5H,3-4H2,1-2H3;1H2. The van der Waals surface area contributed by atoms with Crippen molar-refractivity contribution in [1.82, 2.24) is 5.32 Å². The quantitative estimate of drug-likeness (QED) is 0.587. The van der Waals surface area contributed by atoms with Gasteiger partial charge in [-0.2, -0.15) is 0 Å². The molecular formula is C5H13ClN. The van der Waals surface area contributed by atoms with Crippen molar-refractivity contribution in [2.24, 2.45) is 0 Å². The third kappa shape index (κ3) is 22.3. The van der Waals surface area contributed by atoms with Crippen LogP contribution in [-0.4, -0.2) is 13.1 Å². The van der Waals surface area contributed by atoms with E-state index in [4.69, 9.17) is 0 Å². The monoisotopic (exact) mass is 122 g/mol. The van der Waals surface area contributed by atoms with Crippen molar-refractivity contribution in [2.75, 3.05) is 13.1 Å². The molecule has 0 aromatic heterocycles. The van der Waals surface area contributed by atoms with Crippen molar-refractivity contribution in [3.8, 4) is 0 Å². The molecule has 0 aromatic rings. The lowest BCUT2D eigenvalue weighted by atomic mass is 10.7. The molecule has 0 saturated carbocycles. The molecule has 0 atom stereocenters. The van der Waals surface area contributed by atoms with E-state index in [1.807, 2.05) is 0 Å². The van der Waals surface area contributed by atoms with Crippen LogP contribution in [-0.2, 0) is 0 Å². The van der Waals surface area contributed by atoms with Gasteiger partial charge < -0.3 is 5.32 Å². The van der Waals surface area contributed by atoms with Crippen LogP contribution in [0.4, 0.5) is 0 Å². The highest BCUT2D eigenvalue weighted by Gasteiger charge is 1.62. The summed E-state index contributed by atoms with van der Waals surface area (Å²) in [6, 6.07) is 0. The van der Waals surface area contributed by atoms with Crippen LogP contribution in [0.2, 0.25) is 0 Å². The van der Waals surface area contributed by atoms with E-state index in [1.165, 1.54) is 0 Å². The molecule has 7 heavy (non-hydrogen) atoms. The van der Waals surface area contributed by atoms with E-state index in [1.54, 1.807) is 0 Å². The average Bonchev–Trinajstić information content (AvgIpc) is 1.75. The van der Waals surface area contributed by atoms with Crippen molar-refractivity contribution in [1.29, 1.82) is 0 Å². The van der Waals surface area contributed by atoms with Gasteiger partial charge in [-0.15, -0.1) is 11.6 Å². The SMILES string of the molecule is CCNCC.[CH2]Cl. The molecule has 1 nitrogen and oxygen atoms in total. The lowest BCUT2D eigenvalue weighted by Crippen LogP contribution is -2.09. The third-order valence-electron chi connectivity index (χ3n) is 0.500. The Labute approximate surface area is 51.1 Å². The summed E-state index contributed by atoms with van der Waals surface area (Å²) in [5.74, 6) is 0. The van der Waals surface area contributed by atoms with Gasteiger partial charge in [-0.1, -0.05) is 13.8 Å². The van der Waals surface area contributed by atoms with Gasteiger partial charge in [0.05, 0.1) is 0 Å². The zero-order valence-electron chi connectivity index (χ0n) is 5.00. The van der Waals surface area contributed by atoms with E-state index >= 15 is 0 Å². The summed E-state index contributed by atoms with van der Waals surface area (Å²) >= 11 is 4.39. The fourth-order valence-corrected chi connectivity index (χ4v) is 0.250. The van der Waals surface area contributed by atoms with Crippen molar-refractivity contribution in [3.05, 3.63) is 6.38 Å². The first-order valence-corrected chi connectivity index (χ1v) is 2.92. The maximum Gasteiger partial charge on any atom is 0.0359 e. The van der Waals surface area contributed by atoms with Crippen LogP contribution < -0.4 is 5.32 Å². The largest absolute Gasteiger partial charge is 0.317 e. The highest BCUT2D eigenvalue weighted by molar-refractivity contribution is 6.19. The van der Waals surface area contributed by atoms with Crippen LogP contribution in [0.25, 0.3) is 0 Å². The maximum atomic E-state index is 4.39. The van der Waals surface area contributed by atoms with Crippen molar-refractivity contribution < 1.29 is 0 Å². The van der Waals surface area contributed by atoms with Gasteiger partial charge in [0.15, 0.2) is 0 Å². The van der Waals surface area contributed by atoms with Gasteiger partial charge in [-0.25, -0.2) is 0 Å². The highest BCUT2D eigenvalue weighted by atomic mass is 35.5. The summed E-state index contributed by atoms with van der Waals surface area (Å²) in [4.78, 5) is 0. The first-order chi connectivity index (χ1) is 3.41. The molecule has 0 aromatic carbocycles. The maximum absolute atomic E-state index is 4.39. The van der Waals surface area contributed by atoms with E-state index < -0.39 is 0 Å². The second-order valence-electron chi connectivity index (χ2n) is 0.957. The molecule has 45 valence electrons. The minimum Gasteiger partial charge on any atom is -0.317 e. The summed E-state index contributed by atoms with van der Waals surface area (Å²) in [5.41, 5.74) is 0.